The second kappa shape index (κ2) is 22.8. The Hall–Kier alpha value is -4.00. The number of nitrogens with one attached hydrogen (secondary N) is 3. The summed E-state index contributed by atoms with van der Waals surface area (Å²) >= 11 is 1.60. The Balaban J connectivity index is 0.000000355. The molecule has 2 saturated carbocycles. The summed E-state index contributed by atoms with van der Waals surface area (Å²) in [7, 11) is 1.61. The number of H-pyrrole nitrogens is 1. The minimum absolute atomic E-state index is 0.0693. The summed E-state index contributed by atoms with van der Waals surface area (Å²) < 4.78 is 13.2. The van der Waals surface area contributed by atoms with E-state index in [9.17, 15) is 24.0 Å². The van der Waals surface area contributed by atoms with E-state index < -0.39 is 23.6 Å². The predicted octanol–water partition coefficient (Wildman–Crippen LogP) is 6.73. The first-order valence-corrected chi connectivity index (χ1v) is 18.9. The number of fused-ring (bicyclic) bond motifs is 1. The first-order chi connectivity index (χ1) is 24.4. The molecule has 1 aromatic heterocycles. The standard InChI is InChI=1S/C12H21N3O4.C10H9NO2.C7H13NOS.C6H10.C4H10/c1-12(2,3)19-11(18)14-7-9(16)15-6-4-5-8(15)10(13)17;1-13-8-2-3-9-7(6-8)4-5-11-10(9)12;1-2-3-7(4-5-7)10-8-6-9;1-3-6-4-5(6)2;1-4(2)3/h8H,4-7H2,1-3H3,(H2,13,17)(H,14,18);2-6H,1H3,(H,11,12);6H,2-5H2,1H3,(H,8,9);3,5-6H,1,4H2,2H3;4H,1-3H3. The van der Waals surface area contributed by atoms with E-state index in [1.165, 1.54) is 37.0 Å². The van der Waals surface area contributed by atoms with Gasteiger partial charge in [0.25, 0.3) is 5.56 Å². The van der Waals surface area contributed by atoms with E-state index in [1.807, 2.05) is 18.2 Å². The van der Waals surface area contributed by atoms with Crippen LogP contribution in [0.15, 0.2) is 47.9 Å². The van der Waals surface area contributed by atoms with Gasteiger partial charge in [0.05, 0.1) is 7.11 Å². The molecule has 0 radical (unpaired) electrons. The van der Waals surface area contributed by atoms with Crippen molar-refractivity contribution in [2.45, 2.75) is 117 Å². The zero-order chi connectivity index (χ0) is 39.5. The van der Waals surface area contributed by atoms with Crippen LogP contribution < -0.4 is 26.1 Å². The van der Waals surface area contributed by atoms with Crippen molar-refractivity contribution in [2.75, 3.05) is 20.2 Å². The number of methoxy groups -OCH3 is 1. The molecule has 3 unspecified atom stereocenters. The molecule has 2 heterocycles. The number of aromatic nitrogens is 1. The van der Waals surface area contributed by atoms with Crippen molar-refractivity contribution in [2.24, 2.45) is 23.5 Å². The quantitative estimate of drug-likeness (QED) is 0.118. The number of amides is 4. The van der Waals surface area contributed by atoms with Gasteiger partial charge in [-0.2, -0.15) is 0 Å². The molecule has 3 aliphatic rings. The smallest absolute Gasteiger partial charge is 0.408 e. The Morgan fingerprint density at radius 3 is 2.29 bits per heavy atom. The fourth-order valence-electron chi connectivity index (χ4n) is 5.05. The van der Waals surface area contributed by atoms with Gasteiger partial charge in [0.15, 0.2) is 0 Å². The summed E-state index contributed by atoms with van der Waals surface area (Å²) in [5.41, 5.74) is 4.54. The van der Waals surface area contributed by atoms with Crippen molar-refractivity contribution in [1.29, 1.82) is 0 Å². The Morgan fingerprint density at radius 2 is 1.83 bits per heavy atom. The second-order valence-corrected chi connectivity index (χ2v) is 16.2. The number of nitrogens with zero attached hydrogens (tertiary/aromatic N) is 1. The van der Waals surface area contributed by atoms with Crippen LogP contribution in [0.25, 0.3) is 10.8 Å². The number of allylic oxidation sites excluding steroid dienone is 1. The molecule has 3 fully saturated rings. The van der Waals surface area contributed by atoms with Crippen LogP contribution in [-0.4, -0.2) is 70.8 Å². The number of aromatic amines is 1. The van der Waals surface area contributed by atoms with E-state index in [4.69, 9.17) is 15.2 Å². The number of carbonyl (C=O) groups excluding carboxylic acids is 4. The zero-order valence-electron chi connectivity index (χ0n) is 32.7. The molecule has 292 valence electrons. The summed E-state index contributed by atoms with van der Waals surface area (Å²) in [6, 6.07) is 6.65. The molecular weight excluding hydrogens is 683 g/mol. The van der Waals surface area contributed by atoms with E-state index in [0.717, 1.165) is 41.7 Å². The molecule has 2 aliphatic carbocycles. The molecule has 1 aromatic carbocycles. The number of nitrogens with two attached hydrogens (primary N) is 1. The molecule has 52 heavy (non-hydrogen) atoms. The number of pyridine rings is 1. The SMILES string of the molecule is C=CC1CC1C.CC(C)(C)OC(=O)NCC(=O)N1CCCC1C(N)=O.CC(C)C.CCCC1(SNC=O)CC1.COc1ccc2c(=O)[nH]ccc2c1. The fraction of sp³-hybridized carbons (Fsp3) is 0.615. The molecule has 1 aliphatic heterocycles. The van der Waals surface area contributed by atoms with E-state index in [1.54, 1.807) is 58.2 Å². The number of hydrogen-bond acceptors (Lipinski definition) is 8. The third-order valence-electron chi connectivity index (χ3n) is 7.98. The van der Waals surface area contributed by atoms with Crippen molar-refractivity contribution in [3.05, 3.63) is 53.5 Å². The summed E-state index contributed by atoms with van der Waals surface area (Å²) in [4.78, 5) is 59.7. The number of primary amides is 1. The average molecular weight is 746 g/mol. The van der Waals surface area contributed by atoms with Gasteiger partial charge in [-0.1, -0.05) is 47.1 Å². The van der Waals surface area contributed by atoms with Crippen LogP contribution in [0.5, 0.6) is 5.75 Å². The molecule has 13 heteroatoms. The number of alkyl carbamates (subject to hydrolysis) is 1. The van der Waals surface area contributed by atoms with E-state index in [0.29, 0.717) is 23.1 Å². The lowest BCUT2D eigenvalue weighted by Crippen LogP contribution is -2.48. The maximum Gasteiger partial charge on any atom is 0.408 e. The second-order valence-electron chi connectivity index (χ2n) is 14.9. The monoisotopic (exact) mass is 745 g/mol. The number of ether oxygens (including phenoxy) is 2. The number of benzene rings is 1. The molecule has 3 atom stereocenters. The molecule has 0 bridgehead atoms. The maximum absolute atomic E-state index is 11.9. The molecule has 12 nitrogen and oxygen atoms in total. The number of rotatable bonds is 10. The minimum atomic E-state index is -0.657. The normalized spacial score (nSPS) is 19.0. The van der Waals surface area contributed by atoms with Crippen LogP contribution in [0.3, 0.4) is 0 Å². The largest absolute Gasteiger partial charge is 0.497 e. The molecule has 0 spiro atoms. The highest BCUT2D eigenvalue weighted by atomic mass is 32.2. The van der Waals surface area contributed by atoms with Crippen molar-refractivity contribution < 1.29 is 28.7 Å². The van der Waals surface area contributed by atoms with Crippen LogP contribution in [0.4, 0.5) is 4.79 Å². The van der Waals surface area contributed by atoms with Gasteiger partial charge in [0, 0.05) is 22.9 Å². The van der Waals surface area contributed by atoms with Crippen LogP contribution >= 0.6 is 11.9 Å². The fourth-order valence-corrected chi connectivity index (χ4v) is 5.96. The first kappa shape index (κ1) is 46.0. The molecule has 5 N–H and O–H groups in total. The Kier molecular flexibility index (Phi) is 20.2. The molecular formula is C39H63N5O7S. The van der Waals surface area contributed by atoms with Gasteiger partial charge in [-0.25, -0.2) is 4.79 Å². The highest BCUT2D eigenvalue weighted by Gasteiger charge is 2.42. The lowest BCUT2D eigenvalue weighted by molar-refractivity contribution is -0.136. The van der Waals surface area contributed by atoms with Crippen LogP contribution in [0.2, 0.25) is 0 Å². The Bertz CT molecular complexity index is 1480. The van der Waals surface area contributed by atoms with Crippen LogP contribution in [-0.2, 0) is 19.1 Å². The van der Waals surface area contributed by atoms with Crippen LogP contribution in [0, 0.1) is 17.8 Å². The molecule has 5 rings (SSSR count). The Labute approximate surface area is 314 Å². The molecule has 2 aromatic rings. The zero-order valence-corrected chi connectivity index (χ0v) is 33.5. The van der Waals surface area contributed by atoms with Gasteiger partial charge in [0.2, 0.25) is 18.2 Å². The summed E-state index contributed by atoms with van der Waals surface area (Å²) in [6.45, 7) is 20.1. The first-order valence-electron chi connectivity index (χ1n) is 18.1. The van der Waals surface area contributed by atoms with E-state index in [2.05, 4.69) is 56.2 Å². The Morgan fingerprint density at radius 1 is 1.19 bits per heavy atom. The van der Waals surface area contributed by atoms with E-state index in [-0.39, 0.29) is 18.0 Å². The number of carbonyl (C=O) groups is 4. The summed E-state index contributed by atoms with van der Waals surface area (Å²) in [6.07, 6.45) is 11.5. The van der Waals surface area contributed by atoms with Gasteiger partial charge in [-0.15, -0.1) is 6.58 Å². The van der Waals surface area contributed by atoms with Crippen molar-refractivity contribution in [1.82, 2.24) is 19.9 Å². The lowest BCUT2D eigenvalue weighted by Gasteiger charge is -2.23. The third kappa shape index (κ3) is 18.5. The summed E-state index contributed by atoms with van der Waals surface area (Å²) in [5.74, 6) is 2.57. The minimum Gasteiger partial charge on any atom is -0.497 e. The van der Waals surface area contributed by atoms with Crippen molar-refractivity contribution in [3.63, 3.8) is 0 Å². The van der Waals surface area contributed by atoms with Gasteiger partial charge in [0.1, 0.15) is 23.9 Å². The van der Waals surface area contributed by atoms with Crippen molar-refractivity contribution in [3.8, 4) is 5.75 Å². The van der Waals surface area contributed by atoms with Gasteiger partial charge in [-0.3, -0.25) is 19.2 Å². The highest BCUT2D eigenvalue weighted by molar-refractivity contribution is 7.99. The maximum atomic E-state index is 11.9. The average Bonchev–Trinajstić information content (AvgIpc) is 3.95. The van der Waals surface area contributed by atoms with Crippen molar-refractivity contribution >= 4 is 47.0 Å². The topological polar surface area (TPSA) is 173 Å². The van der Waals surface area contributed by atoms with E-state index >= 15 is 0 Å². The van der Waals surface area contributed by atoms with Gasteiger partial charge in [-0.05, 0) is 119 Å². The summed E-state index contributed by atoms with van der Waals surface area (Å²) in [5, 5.41) is 3.95. The molecule has 4 amide bonds. The highest BCUT2D eigenvalue weighted by Crippen LogP contribution is 2.50. The van der Waals surface area contributed by atoms with Gasteiger partial charge < -0.3 is 35.1 Å². The number of likely N-dealkylation sites (tertiary alicyclic amines) is 1. The molecule has 1 saturated heterocycles. The number of hydrogen-bond donors (Lipinski definition) is 4. The predicted molar refractivity (Wildman–Crippen MR) is 211 cm³/mol. The third-order valence-corrected chi connectivity index (χ3v) is 9.24. The van der Waals surface area contributed by atoms with Gasteiger partial charge >= 0.3 is 6.09 Å². The lowest BCUT2D eigenvalue weighted by atomic mass is 10.2. The van der Waals surface area contributed by atoms with Crippen LogP contribution in [0.1, 0.15) is 100 Å².